The molecule has 0 saturated heterocycles. The van der Waals surface area contributed by atoms with Crippen molar-refractivity contribution in [3.63, 3.8) is 0 Å². The lowest BCUT2D eigenvalue weighted by Gasteiger charge is -2.14. The van der Waals surface area contributed by atoms with Gasteiger partial charge >= 0.3 is 0 Å². The van der Waals surface area contributed by atoms with Gasteiger partial charge in [-0.05, 0) is 12.8 Å². The summed E-state index contributed by atoms with van der Waals surface area (Å²) in [5, 5.41) is 11.9. The van der Waals surface area contributed by atoms with Crippen molar-refractivity contribution in [2.45, 2.75) is 38.3 Å². The van der Waals surface area contributed by atoms with Gasteiger partial charge < -0.3 is 16.2 Å². The molecule has 0 aliphatic carbocycles. The number of carbonyl (C=O) groups excluding carboxylic acids is 1. The van der Waals surface area contributed by atoms with Crippen molar-refractivity contribution in [1.29, 1.82) is 0 Å². The monoisotopic (exact) mass is 266 g/mol. The fraction of sp³-hybridized carbons (Fsp3) is 0.900. The summed E-state index contributed by atoms with van der Waals surface area (Å²) in [7, 11) is -3.10. The fourth-order valence-corrected chi connectivity index (χ4v) is 1.94. The zero-order valence-corrected chi connectivity index (χ0v) is 11.2. The number of sulfone groups is 1. The average Bonchev–Trinajstić information content (AvgIpc) is 2.22. The standard InChI is InChI=1S/C10H22N2O4S/c1-3-4-8(13)7-12-10(14)9(11)5-6-17(2,15)16/h8-9,13H,3-7,11H2,1-2H3,(H,12,14). The highest BCUT2D eigenvalue weighted by atomic mass is 32.2. The second-order valence-corrected chi connectivity index (χ2v) is 6.47. The van der Waals surface area contributed by atoms with Crippen molar-refractivity contribution < 1.29 is 18.3 Å². The smallest absolute Gasteiger partial charge is 0.237 e. The third-order valence-electron chi connectivity index (χ3n) is 2.27. The first-order valence-corrected chi connectivity index (χ1v) is 7.71. The van der Waals surface area contributed by atoms with Gasteiger partial charge in [-0.3, -0.25) is 4.79 Å². The number of nitrogens with two attached hydrogens (primary N) is 1. The molecule has 0 radical (unpaired) electrons. The van der Waals surface area contributed by atoms with Crippen LogP contribution in [-0.2, 0) is 14.6 Å². The summed E-state index contributed by atoms with van der Waals surface area (Å²) in [6, 6.07) is -0.849. The van der Waals surface area contributed by atoms with Gasteiger partial charge in [0.05, 0.1) is 17.9 Å². The van der Waals surface area contributed by atoms with Gasteiger partial charge in [-0.1, -0.05) is 13.3 Å². The molecule has 17 heavy (non-hydrogen) atoms. The number of hydrogen-bond donors (Lipinski definition) is 3. The van der Waals surface area contributed by atoms with Crippen LogP contribution in [0.15, 0.2) is 0 Å². The third-order valence-corrected chi connectivity index (χ3v) is 3.25. The molecule has 0 spiro atoms. The van der Waals surface area contributed by atoms with Crippen LogP contribution in [0, 0.1) is 0 Å². The van der Waals surface area contributed by atoms with E-state index in [0.717, 1.165) is 12.7 Å². The minimum absolute atomic E-state index is 0.0918. The van der Waals surface area contributed by atoms with E-state index in [0.29, 0.717) is 6.42 Å². The maximum atomic E-state index is 11.4. The summed E-state index contributed by atoms with van der Waals surface area (Å²) in [4.78, 5) is 11.4. The lowest BCUT2D eigenvalue weighted by atomic mass is 10.2. The molecule has 0 aromatic carbocycles. The van der Waals surface area contributed by atoms with Crippen molar-refractivity contribution in [2.24, 2.45) is 5.73 Å². The van der Waals surface area contributed by atoms with Crippen LogP contribution in [0.3, 0.4) is 0 Å². The first kappa shape index (κ1) is 16.3. The molecule has 0 fully saturated rings. The topological polar surface area (TPSA) is 109 Å². The molecule has 0 aliphatic heterocycles. The molecule has 0 aromatic heterocycles. The Kier molecular flexibility index (Phi) is 7.33. The van der Waals surface area contributed by atoms with E-state index >= 15 is 0 Å². The molecule has 2 atom stereocenters. The van der Waals surface area contributed by atoms with E-state index in [-0.39, 0.29) is 18.7 Å². The Balaban J connectivity index is 3.90. The van der Waals surface area contributed by atoms with Crippen molar-refractivity contribution in [3.8, 4) is 0 Å². The van der Waals surface area contributed by atoms with Crippen molar-refractivity contribution in [2.75, 3.05) is 18.6 Å². The summed E-state index contributed by atoms with van der Waals surface area (Å²) in [6.45, 7) is 2.09. The van der Waals surface area contributed by atoms with Crippen LogP contribution in [0.25, 0.3) is 0 Å². The summed E-state index contributed by atoms with van der Waals surface area (Å²) < 4.78 is 21.8. The van der Waals surface area contributed by atoms with Gasteiger partial charge in [-0.25, -0.2) is 8.42 Å². The number of amides is 1. The van der Waals surface area contributed by atoms with E-state index in [1.165, 1.54) is 0 Å². The fourth-order valence-electron chi connectivity index (χ4n) is 1.26. The lowest BCUT2D eigenvalue weighted by molar-refractivity contribution is -0.122. The van der Waals surface area contributed by atoms with Crippen LogP contribution in [0.1, 0.15) is 26.2 Å². The zero-order valence-electron chi connectivity index (χ0n) is 10.3. The molecular formula is C10H22N2O4S. The number of rotatable bonds is 8. The Hall–Kier alpha value is -0.660. The van der Waals surface area contributed by atoms with Gasteiger partial charge in [0, 0.05) is 12.8 Å². The Morgan fingerprint density at radius 2 is 2.00 bits per heavy atom. The number of aliphatic hydroxyl groups is 1. The highest BCUT2D eigenvalue weighted by Crippen LogP contribution is 1.96. The molecule has 7 heteroatoms. The SMILES string of the molecule is CCCC(O)CNC(=O)C(N)CCS(C)(=O)=O. The molecule has 1 amide bonds. The minimum Gasteiger partial charge on any atom is -0.391 e. The van der Waals surface area contributed by atoms with Crippen LogP contribution < -0.4 is 11.1 Å². The number of hydrogen-bond acceptors (Lipinski definition) is 5. The van der Waals surface area contributed by atoms with Crippen LogP contribution in [-0.4, -0.2) is 50.1 Å². The number of aliphatic hydroxyl groups excluding tert-OH is 1. The number of nitrogens with one attached hydrogen (secondary N) is 1. The van der Waals surface area contributed by atoms with Gasteiger partial charge in [0.1, 0.15) is 9.84 Å². The van der Waals surface area contributed by atoms with Gasteiger partial charge in [0.25, 0.3) is 0 Å². The highest BCUT2D eigenvalue weighted by Gasteiger charge is 2.16. The molecule has 0 rings (SSSR count). The normalized spacial score (nSPS) is 15.3. The molecule has 0 saturated carbocycles. The first-order chi connectivity index (χ1) is 7.76. The molecular weight excluding hydrogens is 244 g/mol. The largest absolute Gasteiger partial charge is 0.391 e. The Morgan fingerprint density at radius 3 is 2.47 bits per heavy atom. The van der Waals surface area contributed by atoms with Gasteiger partial charge in [0.2, 0.25) is 5.91 Å². The Bertz CT molecular complexity index is 329. The van der Waals surface area contributed by atoms with E-state index in [4.69, 9.17) is 5.73 Å². The lowest BCUT2D eigenvalue weighted by Crippen LogP contribution is -2.44. The molecule has 6 nitrogen and oxygen atoms in total. The van der Waals surface area contributed by atoms with Crippen LogP contribution in [0.2, 0.25) is 0 Å². The molecule has 0 aromatic rings. The maximum absolute atomic E-state index is 11.4. The van der Waals surface area contributed by atoms with Crippen molar-refractivity contribution in [1.82, 2.24) is 5.32 Å². The second kappa shape index (κ2) is 7.62. The van der Waals surface area contributed by atoms with Gasteiger partial charge in [0.15, 0.2) is 0 Å². The summed E-state index contributed by atoms with van der Waals surface area (Å²) in [5.74, 6) is -0.539. The third kappa shape index (κ3) is 9.08. The predicted molar refractivity (Wildman–Crippen MR) is 66.2 cm³/mol. The molecule has 4 N–H and O–H groups in total. The Labute approximate surface area is 102 Å². The van der Waals surface area contributed by atoms with Crippen LogP contribution >= 0.6 is 0 Å². The minimum atomic E-state index is -3.10. The van der Waals surface area contributed by atoms with E-state index in [9.17, 15) is 18.3 Å². The van der Waals surface area contributed by atoms with E-state index in [1.807, 2.05) is 6.92 Å². The van der Waals surface area contributed by atoms with Crippen LogP contribution in [0.4, 0.5) is 0 Å². The summed E-state index contributed by atoms with van der Waals surface area (Å²) >= 11 is 0. The van der Waals surface area contributed by atoms with E-state index in [1.54, 1.807) is 0 Å². The quantitative estimate of drug-likeness (QED) is 0.523. The molecule has 2 unspecified atom stereocenters. The maximum Gasteiger partial charge on any atom is 0.237 e. The summed E-state index contributed by atoms with van der Waals surface area (Å²) in [6.07, 6.45) is 2.05. The van der Waals surface area contributed by atoms with Crippen molar-refractivity contribution >= 4 is 15.7 Å². The van der Waals surface area contributed by atoms with Gasteiger partial charge in [-0.15, -0.1) is 0 Å². The molecule has 0 bridgehead atoms. The van der Waals surface area contributed by atoms with Crippen molar-refractivity contribution in [3.05, 3.63) is 0 Å². The number of carbonyl (C=O) groups is 1. The summed E-state index contributed by atoms with van der Waals surface area (Å²) in [5.41, 5.74) is 5.53. The van der Waals surface area contributed by atoms with Gasteiger partial charge in [-0.2, -0.15) is 0 Å². The first-order valence-electron chi connectivity index (χ1n) is 5.65. The molecule has 0 aliphatic rings. The van der Waals surface area contributed by atoms with Crippen LogP contribution in [0.5, 0.6) is 0 Å². The van der Waals surface area contributed by atoms with E-state index in [2.05, 4.69) is 5.32 Å². The van der Waals surface area contributed by atoms with E-state index < -0.39 is 27.9 Å². The Morgan fingerprint density at radius 1 is 1.41 bits per heavy atom. The predicted octanol–water partition coefficient (Wildman–Crippen LogP) is -0.974. The highest BCUT2D eigenvalue weighted by molar-refractivity contribution is 7.90. The average molecular weight is 266 g/mol. The zero-order chi connectivity index (χ0) is 13.5. The molecule has 0 heterocycles. The molecule has 102 valence electrons. The second-order valence-electron chi connectivity index (χ2n) is 4.21.